The van der Waals surface area contributed by atoms with Gasteiger partial charge in [-0.15, -0.1) is 13.2 Å². The van der Waals surface area contributed by atoms with Crippen molar-refractivity contribution in [3.05, 3.63) is 83.6 Å². The number of aliphatic hydroxyl groups is 1. The molecule has 0 bridgehead atoms. The Morgan fingerprint density at radius 1 is 1.21 bits per heavy atom. The molecule has 1 saturated carbocycles. The van der Waals surface area contributed by atoms with Gasteiger partial charge in [-0.1, -0.05) is 31.4 Å². The third-order valence-electron chi connectivity index (χ3n) is 5.63. The van der Waals surface area contributed by atoms with Gasteiger partial charge in [0.1, 0.15) is 5.75 Å². The van der Waals surface area contributed by atoms with Crippen LogP contribution < -0.4 is 10.1 Å². The first-order chi connectivity index (χ1) is 15.8. The maximum atomic E-state index is 12.5. The lowest BCUT2D eigenvalue weighted by Crippen LogP contribution is -2.17. The van der Waals surface area contributed by atoms with Crippen LogP contribution >= 0.6 is 0 Å². The maximum absolute atomic E-state index is 12.5. The highest BCUT2D eigenvalue weighted by molar-refractivity contribution is 5.81. The van der Waals surface area contributed by atoms with E-state index in [1.54, 1.807) is 30.5 Å². The van der Waals surface area contributed by atoms with E-state index in [-0.39, 0.29) is 12.4 Å². The summed E-state index contributed by atoms with van der Waals surface area (Å²) in [6.45, 7) is 9.66. The molecular weight excluding hydrogens is 429 g/mol. The maximum Gasteiger partial charge on any atom is 0.573 e. The smallest absolute Gasteiger partial charge is 0.406 e. The number of alkyl halides is 3. The molecule has 3 rings (SSSR count). The minimum Gasteiger partial charge on any atom is -0.406 e. The Bertz CT molecular complexity index is 1080. The Kier molecular flexibility index (Phi) is 7.76. The van der Waals surface area contributed by atoms with E-state index in [4.69, 9.17) is 0 Å². The van der Waals surface area contributed by atoms with Gasteiger partial charge in [0, 0.05) is 24.0 Å². The van der Waals surface area contributed by atoms with E-state index in [1.807, 2.05) is 13.0 Å². The summed E-state index contributed by atoms with van der Waals surface area (Å²) >= 11 is 0. The fraction of sp³-hybridized carbons (Fsp3) is 0.269. The zero-order chi connectivity index (χ0) is 24.0. The molecule has 1 fully saturated rings. The normalized spacial score (nSPS) is 13.5. The van der Waals surface area contributed by atoms with Gasteiger partial charge < -0.3 is 15.2 Å². The lowest BCUT2D eigenvalue weighted by molar-refractivity contribution is -0.274. The van der Waals surface area contributed by atoms with Gasteiger partial charge in [-0.25, -0.2) is 0 Å². The Labute approximate surface area is 191 Å². The highest BCUT2D eigenvalue weighted by atomic mass is 19.4. The molecule has 0 saturated heterocycles. The minimum absolute atomic E-state index is 0.208. The fourth-order valence-electron chi connectivity index (χ4n) is 3.80. The van der Waals surface area contributed by atoms with Gasteiger partial charge in [0.15, 0.2) is 0 Å². The van der Waals surface area contributed by atoms with Crippen molar-refractivity contribution in [3.8, 4) is 16.9 Å². The molecule has 4 nitrogen and oxygen atoms in total. The van der Waals surface area contributed by atoms with E-state index < -0.39 is 6.36 Å². The Morgan fingerprint density at radius 3 is 2.42 bits per heavy atom. The summed E-state index contributed by atoms with van der Waals surface area (Å²) < 4.78 is 41.5. The van der Waals surface area contributed by atoms with E-state index in [2.05, 4.69) is 28.2 Å². The van der Waals surface area contributed by atoms with Crippen molar-refractivity contribution in [2.75, 3.05) is 0 Å². The molecule has 0 atom stereocenters. The van der Waals surface area contributed by atoms with Crippen molar-refractivity contribution in [3.63, 3.8) is 0 Å². The van der Waals surface area contributed by atoms with Crippen molar-refractivity contribution < 1.29 is 23.0 Å². The molecule has 0 heterocycles. The second-order valence-electron chi connectivity index (χ2n) is 7.71. The van der Waals surface area contributed by atoms with Gasteiger partial charge in [0.05, 0.1) is 12.3 Å². The molecule has 0 radical (unpaired) electrons. The van der Waals surface area contributed by atoms with E-state index in [9.17, 15) is 18.3 Å². The third kappa shape index (κ3) is 5.93. The molecule has 7 heteroatoms. The first-order valence-electron chi connectivity index (χ1n) is 10.6. The number of ether oxygens (including phenoxy) is 1. The third-order valence-corrected chi connectivity index (χ3v) is 5.63. The number of nitrogens with one attached hydrogen (secondary N) is 1. The minimum atomic E-state index is -4.75. The van der Waals surface area contributed by atoms with Crippen LogP contribution in [0.25, 0.3) is 11.1 Å². The van der Waals surface area contributed by atoms with Crippen molar-refractivity contribution in [1.82, 2.24) is 5.32 Å². The first-order valence-corrected chi connectivity index (χ1v) is 10.6. The number of aliphatic imine (C=N–C) groups is 1. The highest BCUT2D eigenvalue weighted by Gasteiger charge is 2.31. The number of rotatable bonds is 9. The van der Waals surface area contributed by atoms with Gasteiger partial charge in [0.25, 0.3) is 0 Å². The monoisotopic (exact) mass is 456 g/mol. The molecule has 33 heavy (non-hydrogen) atoms. The Balaban J connectivity index is 2.04. The van der Waals surface area contributed by atoms with Gasteiger partial charge >= 0.3 is 6.36 Å². The number of hydrogen-bond acceptors (Lipinski definition) is 4. The van der Waals surface area contributed by atoms with E-state index >= 15 is 0 Å². The summed E-state index contributed by atoms with van der Waals surface area (Å²) in [7, 11) is 0. The molecule has 0 unspecified atom stereocenters. The number of aliphatic hydroxyl groups excluding tert-OH is 1. The molecule has 0 amide bonds. The van der Waals surface area contributed by atoms with Crippen molar-refractivity contribution >= 4 is 11.9 Å². The molecule has 0 spiro atoms. The van der Waals surface area contributed by atoms with Gasteiger partial charge in [-0.05, 0) is 78.3 Å². The van der Waals surface area contributed by atoms with Gasteiger partial charge in [-0.2, -0.15) is 0 Å². The van der Waals surface area contributed by atoms with Gasteiger partial charge in [0.2, 0.25) is 0 Å². The predicted molar refractivity (Wildman–Crippen MR) is 125 cm³/mol. The number of hydrogen-bond donors (Lipinski definition) is 2. The summed E-state index contributed by atoms with van der Waals surface area (Å²) in [5, 5.41) is 13.5. The summed E-state index contributed by atoms with van der Waals surface area (Å²) in [5.41, 5.74) is 6.76. The van der Waals surface area contributed by atoms with E-state index in [0.29, 0.717) is 23.4 Å². The van der Waals surface area contributed by atoms with Crippen molar-refractivity contribution in [2.45, 2.75) is 45.7 Å². The second kappa shape index (κ2) is 10.5. The average Bonchev–Trinajstić information content (AvgIpc) is 2.74. The molecule has 2 aromatic carbocycles. The standard InChI is InChI=1S/C26H27F3N2O2/c1-4-13-30-25-17(3)22(18-9-11-21(12-10-18)33-26(27,28)29)14-20(23(25)16-32)15-31-24(5-2)19-7-6-8-19/h4-5,9-14,31-32H,1-2,6-8,15-16H2,3H3. The molecule has 2 aromatic rings. The summed E-state index contributed by atoms with van der Waals surface area (Å²) in [5.74, 6) is -0.287. The van der Waals surface area contributed by atoms with Crippen LogP contribution in [0, 0.1) is 6.92 Å². The first kappa shape index (κ1) is 24.3. The largest absolute Gasteiger partial charge is 0.573 e. The quantitative estimate of drug-likeness (QED) is 0.415. The molecule has 1 aliphatic carbocycles. The van der Waals surface area contributed by atoms with Crippen molar-refractivity contribution in [2.24, 2.45) is 4.99 Å². The van der Waals surface area contributed by atoms with Crippen LogP contribution in [0.1, 0.15) is 36.0 Å². The number of nitrogens with zero attached hydrogens (tertiary/aromatic N) is 1. The summed E-state index contributed by atoms with van der Waals surface area (Å²) in [4.78, 5) is 4.48. The lowest BCUT2D eigenvalue weighted by Gasteiger charge is -2.23. The molecule has 2 N–H and O–H groups in total. The Morgan fingerprint density at radius 2 is 1.91 bits per heavy atom. The molecule has 174 valence electrons. The van der Waals surface area contributed by atoms with Gasteiger partial charge in [-0.3, -0.25) is 4.99 Å². The molecule has 0 aromatic heterocycles. The van der Waals surface area contributed by atoms with Crippen LogP contribution in [-0.2, 0) is 13.2 Å². The summed E-state index contributed by atoms with van der Waals surface area (Å²) in [6, 6.07) is 7.65. The fourth-order valence-corrected chi connectivity index (χ4v) is 3.80. The lowest BCUT2D eigenvalue weighted by atomic mass is 9.90. The second-order valence-corrected chi connectivity index (χ2v) is 7.71. The topological polar surface area (TPSA) is 53.8 Å². The van der Waals surface area contributed by atoms with Crippen LogP contribution in [0.5, 0.6) is 5.75 Å². The van der Waals surface area contributed by atoms with Crippen molar-refractivity contribution in [1.29, 1.82) is 0 Å². The molecular formula is C26H27F3N2O2. The molecule has 1 aliphatic rings. The van der Waals surface area contributed by atoms with Crippen LogP contribution in [0.4, 0.5) is 18.9 Å². The predicted octanol–water partition coefficient (Wildman–Crippen LogP) is 6.65. The average molecular weight is 457 g/mol. The van der Waals surface area contributed by atoms with E-state index in [1.165, 1.54) is 24.1 Å². The number of benzene rings is 2. The summed E-state index contributed by atoms with van der Waals surface area (Å²) in [6.07, 6.45) is 3.41. The highest BCUT2D eigenvalue weighted by Crippen LogP contribution is 2.37. The van der Waals surface area contributed by atoms with Crippen LogP contribution in [0.15, 0.2) is 71.9 Å². The number of allylic oxidation sites excluding steroid dienone is 3. The SMILES string of the molecule is C=CC=Nc1c(C)c(-c2ccc(OC(F)(F)F)cc2)cc(CNC(C=C)=C2CCC2)c1CO. The van der Waals surface area contributed by atoms with Crippen LogP contribution in [-0.4, -0.2) is 17.7 Å². The zero-order valence-corrected chi connectivity index (χ0v) is 18.5. The van der Waals surface area contributed by atoms with Crippen LogP contribution in [0.2, 0.25) is 0 Å². The number of halogens is 3. The molecule has 0 aliphatic heterocycles. The Hall–Kier alpha value is -3.32. The zero-order valence-electron chi connectivity index (χ0n) is 18.5. The van der Waals surface area contributed by atoms with Crippen LogP contribution in [0.3, 0.4) is 0 Å². The van der Waals surface area contributed by atoms with E-state index in [0.717, 1.165) is 35.2 Å².